The zero-order chi connectivity index (χ0) is 14.1. The maximum Gasteiger partial charge on any atom is 0.225 e. The van der Waals surface area contributed by atoms with Gasteiger partial charge < -0.3 is 10.0 Å². The molecule has 1 amide bonds. The van der Waals surface area contributed by atoms with Gasteiger partial charge in [0.25, 0.3) is 0 Å². The molecular weight excluding hydrogens is 278 g/mol. The van der Waals surface area contributed by atoms with E-state index in [4.69, 9.17) is 5.11 Å². The van der Waals surface area contributed by atoms with Gasteiger partial charge in [-0.25, -0.2) is 4.09 Å². The van der Waals surface area contributed by atoms with Crippen molar-refractivity contribution in [2.75, 3.05) is 6.61 Å². The van der Waals surface area contributed by atoms with Crippen LogP contribution in [0.2, 0.25) is 0 Å². The van der Waals surface area contributed by atoms with Crippen LogP contribution in [0.25, 0.3) is 0 Å². The van der Waals surface area contributed by atoms with Crippen LogP contribution in [0.1, 0.15) is 23.2 Å². The minimum Gasteiger partial charge on any atom is -0.396 e. The molecular formula is C12H15N5O2S. The van der Waals surface area contributed by atoms with Crippen LogP contribution in [0.4, 0.5) is 0 Å². The van der Waals surface area contributed by atoms with Crippen LogP contribution in [0, 0.1) is 6.92 Å². The van der Waals surface area contributed by atoms with Gasteiger partial charge in [-0.1, -0.05) is 0 Å². The molecule has 1 aliphatic heterocycles. The lowest BCUT2D eigenvalue weighted by molar-refractivity contribution is -0.132. The van der Waals surface area contributed by atoms with Gasteiger partial charge in [-0.2, -0.15) is 10.2 Å². The zero-order valence-electron chi connectivity index (χ0n) is 11.0. The predicted molar refractivity (Wildman–Crippen MR) is 72.8 cm³/mol. The summed E-state index contributed by atoms with van der Waals surface area (Å²) < 4.78 is 1.79. The zero-order valence-corrected chi connectivity index (χ0v) is 11.9. The van der Waals surface area contributed by atoms with E-state index in [2.05, 4.69) is 15.3 Å². The van der Waals surface area contributed by atoms with Crippen molar-refractivity contribution in [1.82, 2.24) is 24.3 Å². The first-order valence-electron chi connectivity index (χ1n) is 6.31. The number of aliphatic hydroxyl groups excluding tert-OH is 1. The van der Waals surface area contributed by atoms with Gasteiger partial charge in [0.15, 0.2) is 0 Å². The fraction of sp³-hybridized carbons (Fsp3) is 0.417. The molecule has 8 heteroatoms. The molecule has 2 aromatic rings. The SMILES string of the molecule is Cc1cn[nH]c1Sn1cc2c(n1)CN(C(=O)CCO)C2. The second-order valence-electron chi connectivity index (χ2n) is 4.70. The third-order valence-corrected chi connectivity index (χ3v) is 4.17. The average molecular weight is 293 g/mol. The first-order valence-corrected chi connectivity index (χ1v) is 7.09. The summed E-state index contributed by atoms with van der Waals surface area (Å²) in [6.07, 6.45) is 3.88. The maximum atomic E-state index is 11.7. The van der Waals surface area contributed by atoms with Gasteiger partial charge in [0, 0.05) is 42.2 Å². The molecule has 2 aromatic heterocycles. The Morgan fingerprint density at radius 2 is 2.40 bits per heavy atom. The largest absolute Gasteiger partial charge is 0.396 e. The van der Waals surface area contributed by atoms with Crippen LogP contribution in [0.5, 0.6) is 0 Å². The molecule has 1 aliphatic rings. The Morgan fingerprint density at radius 1 is 1.55 bits per heavy atom. The molecule has 3 heterocycles. The topological polar surface area (TPSA) is 87.0 Å². The van der Waals surface area contributed by atoms with Gasteiger partial charge in [-0.15, -0.1) is 0 Å². The molecule has 3 rings (SSSR count). The number of hydrogen-bond acceptors (Lipinski definition) is 5. The summed E-state index contributed by atoms with van der Waals surface area (Å²) >= 11 is 1.47. The van der Waals surface area contributed by atoms with E-state index in [1.165, 1.54) is 11.9 Å². The van der Waals surface area contributed by atoms with Gasteiger partial charge in [0.05, 0.1) is 25.0 Å². The van der Waals surface area contributed by atoms with E-state index in [0.717, 1.165) is 21.8 Å². The molecule has 7 nitrogen and oxygen atoms in total. The lowest BCUT2D eigenvalue weighted by Crippen LogP contribution is -2.26. The quantitative estimate of drug-likeness (QED) is 0.866. The Labute approximate surface area is 120 Å². The number of amides is 1. The number of rotatable bonds is 4. The highest BCUT2D eigenvalue weighted by Crippen LogP contribution is 2.26. The number of aromatic amines is 1. The van der Waals surface area contributed by atoms with E-state index in [-0.39, 0.29) is 18.9 Å². The highest BCUT2D eigenvalue weighted by atomic mass is 32.2. The number of carbonyl (C=O) groups is 1. The standard InChI is InChI=1S/C12H15N5O2S/c1-8-4-13-14-12(8)20-17-6-9-5-16(7-10(9)15-17)11(19)2-3-18/h4,6,18H,2-3,5,7H2,1H3,(H,13,14). The van der Waals surface area contributed by atoms with Crippen LogP contribution in [-0.4, -0.2) is 41.9 Å². The first-order chi connectivity index (χ1) is 9.67. The van der Waals surface area contributed by atoms with E-state index in [9.17, 15) is 4.79 Å². The Bertz CT molecular complexity index is 612. The van der Waals surface area contributed by atoms with Gasteiger partial charge in [-0.05, 0) is 6.92 Å². The monoisotopic (exact) mass is 293 g/mol. The van der Waals surface area contributed by atoms with Crippen LogP contribution >= 0.6 is 11.9 Å². The molecule has 0 saturated heterocycles. The number of H-pyrrole nitrogens is 1. The molecule has 0 atom stereocenters. The summed E-state index contributed by atoms with van der Waals surface area (Å²) in [7, 11) is 0. The van der Waals surface area contributed by atoms with Gasteiger partial charge in [0.1, 0.15) is 5.03 Å². The number of aromatic nitrogens is 4. The molecule has 0 fully saturated rings. The third-order valence-electron chi connectivity index (χ3n) is 3.20. The highest BCUT2D eigenvalue weighted by molar-refractivity contribution is 7.97. The minimum absolute atomic E-state index is 0.0332. The molecule has 0 bridgehead atoms. The second kappa shape index (κ2) is 5.29. The summed E-state index contributed by atoms with van der Waals surface area (Å²) in [5, 5.41) is 21.1. The number of aryl methyl sites for hydroxylation is 1. The second-order valence-corrected chi connectivity index (χ2v) is 5.67. The highest BCUT2D eigenvalue weighted by Gasteiger charge is 2.26. The third kappa shape index (κ3) is 2.44. The van der Waals surface area contributed by atoms with Crippen molar-refractivity contribution < 1.29 is 9.90 Å². The number of fused-ring (bicyclic) bond motifs is 1. The van der Waals surface area contributed by atoms with E-state index >= 15 is 0 Å². The summed E-state index contributed by atoms with van der Waals surface area (Å²) in [5.41, 5.74) is 3.05. The Balaban J connectivity index is 1.69. The number of hydrogen-bond donors (Lipinski definition) is 2. The molecule has 20 heavy (non-hydrogen) atoms. The van der Waals surface area contributed by atoms with E-state index in [0.29, 0.717) is 13.1 Å². The average Bonchev–Trinajstić information content (AvgIpc) is 3.05. The van der Waals surface area contributed by atoms with E-state index in [1.54, 1.807) is 15.2 Å². The van der Waals surface area contributed by atoms with Crippen LogP contribution in [0.15, 0.2) is 17.4 Å². The Hall–Kier alpha value is -1.80. The van der Waals surface area contributed by atoms with Crippen molar-refractivity contribution in [1.29, 1.82) is 0 Å². The lowest BCUT2D eigenvalue weighted by Gasteiger charge is -2.14. The van der Waals surface area contributed by atoms with Crippen LogP contribution in [-0.2, 0) is 17.9 Å². The first kappa shape index (κ1) is 13.2. The summed E-state index contributed by atoms with van der Waals surface area (Å²) in [5.74, 6) is -0.0332. The fourth-order valence-corrected chi connectivity index (χ4v) is 2.92. The normalized spacial score (nSPS) is 13.8. The molecule has 0 saturated carbocycles. The predicted octanol–water partition coefficient (Wildman–Crippen LogP) is 0.695. The van der Waals surface area contributed by atoms with Crippen molar-refractivity contribution in [3.63, 3.8) is 0 Å². The molecule has 0 unspecified atom stereocenters. The summed E-state index contributed by atoms with van der Waals surface area (Å²) in [6.45, 7) is 2.96. The summed E-state index contributed by atoms with van der Waals surface area (Å²) in [6, 6.07) is 0. The number of carbonyl (C=O) groups excluding carboxylic acids is 1. The lowest BCUT2D eigenvalue weighted by atomic mass is 10.3. The van der Waals surface area contributed by atoms with E-state index in [1.807, 2.05) is 13.1 Å². The van der Waals surface area contributed by atoms with Crippen molar-refractivity contribution in [3.8, 4) is 0 Å². The van der Waals surface area contributed by atoms with Gasteiger partial charge >= 0.3 is 0 Å². The molecule has 0 spiro atoms. The van der Waals surface area contributed by atoms with Crippen molar-refractivity contribution in [2.24, 2.45) is 0 Å². The Kier molecular flexibility index (Phi) is 3.49. The minimum atomic E-state index is -0.109. The molecule has 106 valence electrons. The molecule has 0 aliphatic carbocycles. The van der Waals surface area contributed by atoms with Crippen LogP contribution < -0.4 is 0 Å². The molecule has 2 N–H and O–H groups in total. The van der Waals surface area contributed by atoms with Crippen molar-refractivity contribution in [3.05, 3.63) is 29.2 Å². The maximum absolute atomic E-state index is 11.7. The number of aliphatic hydroxyl groups is 1. The van der Waals surface area contributed by atoms with Crippen molar-refractivity contribution in [2.45, 2.75) is 31.5 Å². The van der Waals surface area contributed by atoms with Gasteiger partial charge in [0.2, 0.25) is 5.91 Å². The number of nitrogens with zero attached hydrogens (tertiary/aromatic N) is 4. The fourth-order valence-electron chi connectivity index (χ4n) is 2.12. The number of nitrogens with one attached hydrogen (secondary N) is 1. The van der Waals surface area contributed by atoms with Crippen molar-refractivity contribution >= 4 is 17.9 Å². The molecule has 0 aromatic carbocycles. The van der Waals surface area contributed by atoms with Gasteiger partial charge in [-0.3, -0.25) is 9.89 Å². The van der Waals surface area contributed by atoms with E-state index < -0.39 is 0 Å². The summed E-state index contributed by atoms with van der Waals surface area (Å²) in [4.78, 5) is 13.4. The molecule has 0 radical (unpaired) electrons. The Morgan fingerprint density at radius 3 is 3.05 bits per heavy atom. The van der Waals surface area contributed by atoms with Crippen LogP contribution in [0.3, 0.4) is 0 Å². The smallest absolute Gasteiger partial charge is 0.225 e.